The van der Waals surface area contributed by atoms with Crippen LogP contribution in [0.2, 0.25) is 0 Å². The molecule has 1 aliphatic heterocycles. The van der Waals surface area contributed by atoms with Crippen molar-refractivity contribution in [2.24, 2.45) is 5.92 Å². The number of rotatable bonds is 3. The van der Waals surface area contributed by atoms with E-state index in [9.17, 15) is 4.79 Å². The average Bonchev–Trinajstić information content (AvgIpc) is 2.41. The monoisotopic (exact) mass is 263 g/mol. The number of nitrogens with zero attached hydrogens (tertiary/aromatic N) is 2. The van der Waals surface area contributed by atoms with E-state index in [-0.39, 0.29) is 12.0 Å². The topological polar surface area (TPSA) is 54.5 Å². The minimum absolute atomic E-state index is 0.0493. The summed E-state index contributed by atoms with van der Waals surface area (Å²) in [6, 6.07) is 3.52. The number of hydrogen-bond donors (Lipinski definition) is 1. The van der Waals surface area contributed by atoms with Crippen LogP contribution in [0, 0.1) is 5.92 Å². The number of piperidine rings is 1. The molecule has 2 atom stereocenters. The molecule has 2 unspecified atom stereocenters. The molecule has 104 valence electrons. The van der Waals surface area contributed by atoms with Crippen molar-refractivity contribution in [1.82, 2.24) is 15.2 Å². The van der Waals surface area contributed by atoms with Crippen LogP contribution in [0.5, 0.6) is 5.88 Å². The second-order valence-corrected chi connectivity index (χ2v) is 5.21. The zero-order valence-electron chi connectivity index (χ0n) is 11.7. The van der Waals surface area contributed by atoms with Crippen molar-refractivity contribution < 1.29 is 9.53 Å². The maximum absolute atomic E-state index is 11.7. The number of aromatic nitrogens is 1. The van der Waals surface area contributed by atoms with E-state index in [1.165, 1.54) is 4.90 Å². The summed E-state index contributed by atoms with van der Waals surface area (Å²) in [4.78, 5) is 17.5. The van der Waals surface area contributed by atoms with Crippen LogP contribution in [0.4, 0.5) is 0 Å². The molecule has 1 N–H and O–H groups in total. The molecule has 5 heteroatoms. The molecule has 1 aromatic heterocycles. The van der Waals surface area contributed by atoms with Crippen molar-refractivity contribution in [3.63, 3.8) is 0 Å². The minimum Gasteiger partial charge on any atom is -0.473 e. The van der Waals surface area contributed by atoms with Crippen LogP contribution in [0.3, 0.4) is 0 Å². The number of amides is 1. The fourth-order valence-electron chi connectivity index (χ4n) is 2.11. The van der Waals surface area contributed by atoms with Crippen LogP contribution in [0.15, 0.2) is 18.3 Å². The Morgan fingerprint density at radius 1 is 1.47 bits per heavy atom. The Morgan fingerprint density at radius 2 is 2.26 bits per heavy atom. The Morgan fingerprint density at radius 3 is 2.84 bits per heavy atom. The summed E-state index contributed by atoms with van der Waals surface area (Å²) < 4.78 is 5.86. The van der Waals surface area contributed by atoms with Crippen molar-refractivity contribution in [3.8, 4) is 5.88 Å². The van der Waals surface area contributed by atoms with Crippen LogP contribution >= 0.6 is 0 Å². The molecule has 1 aliphatic rings. The molecule has 0 saturated carbocycles. The van der Waals surface area contributed by atoms with Gasteiger partial charge in [-0.15, -0.1) is 0 Å². The van der Waals surface area contributed by atoms with Gasteiger partial charge in [0.2, 0.25) is 5.88 Å². The molecule has 1 saturated heterocycles. The summed E-state index contributed by atoms with van der Waals surface area (Å²) in [6.07, 6.45) is 2.83. The van der Waals surface area contributed by atoms with Gasteiger partial charge in [0, 0.05) is 32.9 Å². The zero-order valence-corrected chi connectivity index (χ0v) is 11.7. The van der Waals surface area contributed by atoms with E-state index in [4.69, 9.17) is 4.74 Å². The molecule has 1 amide bonds. The second kappa shape index (κ2) is 6.02. The molecule has 19 heavy (non-hydrogen) atoms. The third kappa shape index (κ3) is 3.44. The quantitative estimate of drug-likeness (QED) is 0.889. The lowest BCUT2D eigenvalue weighted by atomic mass is 9.97. The maximum atomic E-state index is 11.7. The first-order valence-corrected chi connectivity index (χ1v) is 6.63. The predicted octanol–water partition coefficient (Wildman–Crippen LogP) is 1.16. The predicted molar refractivity (Wildman–Crippen MR) is 73.3 cm³/mol. The number of pyridine rings is 1. The van der Waals surface area contributed by atoms with Gasteiger partial charge in [0.15, 0.2) is 0 Å². The van der Waals surface area contributed by atoms with E-state index in [1.807, 2.05) is 0 Å². The Kier molecular flexibility index (Phi) is 4.37. The van der Waals surface area contributed by atoms with Crippen LogP contribution in [0.1, 0.15) is 23.7 Å². The lowest BCUT2D eigenvalue weighted by Crippen LogP contribution is -2.42. The van der Waals surface area contributed by atoms with E-state index in [1.54, 1.807) is 32.4 Å². The van der Waals surface area contributed by atoms with Gasteiger partial charge in [0.1, 0.15) is 6.10 Å². The molecule has 1 aromatic rings. The minimum atomic E-state index is -0.0493. The first-order valence-electron chi connectivity index (χ1n) is 6.63. The lowest BCUT2D eigenvalue weighted by molar-refractivity contribution is 0.0826. The highest BCUT2D eigenvalue weighted by Gasteiger charge is 2.23. The first kappa shape index (κ1) is 13.8. The Labute approximate surface area is 114 Å². The van der Waals surface area contributed by atoms with Crippen LogP contribution in [0.25, 0.3) is 0 Å². The lowest BCUT2D eigenvalue weighted by Gasteiger charge is -2.29. The third-order valence-corrected chi connectivity index (χ3v) is 3.42. The van der Waals surface area contributed by atoms with E-state index in [0.29, 0.717) is 17.4 Å². The van der Waals surface area contributed by atoms with Gasteiger partial charge in [-0.25, -0.2) is 4.98 Å². The van der Waals surface area contributed by atoms with E-state index >= 15 is 0 Å². The smallest absolute Gasteiger partial charge is 0.254 e. The summed E-state index contributed by atoms with van der Waals surface area (Å²) in [5.74, 6) is 1.05. The Hall–Kier alpha value is -1.62. The summed E-state index contributed by atoms with van der Waals surface area (Å²) in [6.45, 7) is 4.08. The highest BCUT2D eigenvalue weighted by molar-refractivity contribution is 5.93. The van der Waals surface area contributed by atoms with Crippen LogP contribution in [-0.2, 0) is 0 Å². The molecular weight excluding hydrogens is 242 g/mol. The number of carbonyl (C=O) groups excluding carboxylic acids is 1. The van der Waals surface area contributed by atoms with Crippen molar-refractivity contribution in [3.05, 3.63) is 23.9 Å². The van der Waals surface area contributed by atoms with Crippen LogP contribution in [-0.4, -0.2) is 49.1 Å². The molecule has 0 spiro atoms. The van der Waals surface area contributed by atoms with Gasteiger partial charge in [-0.05, 0) is 24.9 Å². The summed E-state index contributed by atoms with van der Waals surface area (Å²) in [5.41, 5.74) is 0.576. The SMILES string of the molecule is CC1CCNCC1Oc1ccc(C(=O)N(C)C)cn1. The van der Waals surface area contributed by atoms with Crippen molar-refractivity contribution in [1.29, 1.82) is 0 Å². The molecule has 2 rings (SSSR count). The van der Waals surface area contributed by atoms with E-state index < -0.39 is 0 Å². The van der Waals surface area contributed by atoms with Crippen molar-refractivity contribution in [2.45, 2.75) is 19.4 Å². The highest BCUT2D eigenvalue weighted by Crippen LogP contribution is 2.18. The van der Waals surface area contributed by atoms with Gasteiger partial charge in [-0.2, -0.15) is 0 Å². The van der Waals surface area contributed by atoms with Gasteiger partial charge < -0.3 is 15.0 Å². The molecule has 0 radical (unpaired) electrons. The highest BCUT2D eigenvalue weighted by atomic mass is 16.5. The van der Waals surface area contributed by atoms with Gasteiger partial charge in [-0.3, -0.25) is 4.79 Å². The number of nitrogens with one attached hydrogen (secondary N) is 1. The summed E-state index contributed by atoms with van der Waals surface area (Å²) >= 11 is 0. The number of ether oxygens (including phenoxy) is 1. The van der Waals surface area contributed by atoms with Crippen LogP contribution < -0.4 is 10.1 Å². The Balaban J connectivity index is 2.00. The zero-order chi connectivity index (χ0) is 13.8. The molecule has 1 fully saturated rings. The van der Waals surface area contributed by atoms with E-state index in [2.05, 4.69) is 17.2 Å². The van der Waals surface area contributed by atoms with Gasteiger partial charge in [-0.1, -0.05) is 6.92 Å². The molecule has 5 nitrogen and oxygen atoms in total. The maximum Gasteiger partial charge on any atom is 0.254 e. The molecule has 0 bridgehead atoms. The molecule has 2 heterocycles. The van der Waals surface area contributed by atoms with Gasteiger partial charge >= 0.3 is 0 Å². The van der Waals surface area contributed by atoms with Gasteiger partial charge in [0.05, 0.1) is 5.56 Å². The summed E-state index contributed by atoms with van der Waals surface area (Å²) in [5, 5.41) is 3.32. The summed E-state index contributed by atoms with van der Waals surface area (Å²) in [7, 11) is 3.45. The first-order chi connectivity index (χ1) is 9.08. The standard InChI is InChI=1S/C14H21N3O2/c1-10-6-7-15-9-12(10)19-13-5-4-11(8-16-13)14(18)17(2)3/h4-5,8,10,12,15H,6-7,9H2,1-3H3. The van der Waals surface area contributed by atoms with Crippen molar-refractivity contribution >= 4 is 5.91 Å². The number of carbonyl (C=O) groups is 1. The van der Waals surface area contributed by atoms with Crippen molar-refractivity contribution in [2.75, 3.05) is 27.2 Å². The third-order valence-electron chi connectivity index (χ3n) is 3.42. The van der Waals surface area contributed by atoms with E-state index in [0.717, 1.165) is 19.5 Å². The second-order valence-electron chi connectivity index (χ2n) is 5.21. The average molecular weight is 263 g/mol. The molecule has 0 aliphatic carbocycles. The Bertz CT molecular complexity index is 431. The fraction of sp³-hybridized carbons (Fsp3) is 0.571. The molecular formula is C14H21N3O2. The van der Waals surface area contributed by atoms with Gasteiger partial charge in [0.25, 0.3) is 5.91 Å². The largest absolute Gasteiger partial charge is 0.473 e. The molecule has 0 aromatic carbocycles. The normalized spacial score (nSPS) is 22.9. The fourth-order valence-corrected chi connectivity index (χ4v) is 2.11. The number of hydrogen-bond acceptors (Lipinski definition) is 4.